The maximum atomic E-state index is 12.9. The summed E-state index contributed by atoms with van der Waals surface area (Å²) in [6.45, 7) is 0.629. The Kier molecular flexibility index (Phi) is 4.96. The zero-order chi connectivity index (χ0) is 18.1. The van der Waals surface area contributed by atoms with Crippen LogP contribution < -0.4 is 5.32 Å². The highest BCUT2D eigenvalue weighted by Crippen LogP contribution is 2.34. The number of carbonyl (C=O) groups excluding carboxylic acids is 3. The number of aldehydes is 1. The molecule has 2 aliphatic heterocycles. The molecule has 1 aliphatic carbocycles. The SMILES string of the molecule is O=C[C@H]1NCSC1C(=O)[C@@H]1CCCN1C(=O)CC1C=Cc2ccccc21. The highest BCUT2D eigenvalue weighted by Gasteiger charge is 2.42. The predicted molar refractivity (Wildman–Crippen MR) is 102 cm³/mol. The zero-order valence-electron chi connectivity index (χ0n) is 14.5. The van der Waals surface area contributed by atoms with Gasteiger partial charge in [-0.3, -0.25) is 14.9 Å². The van der Waals surface area contributed by atoms with Crippen LogP contribution in [-0.4, -0.2) is 52.6 Å². The fourth-order valence-electron chi connectivity index (χ4n) is 4.18. The van der Waals surface area contributed by atoms with Crippen LogP contribution in [0.15, 0.2) is 30.3 Å². The number of allylic oxidation sites excluding steroid dienone is 1. The number of Topliss-reactive ketones (excluding diaryl/α,β-unsaturated/α-hetero) is 1. The van der Waals surface area contributed by atoms with Crippen LogP contribution in [0.1, 0.15) is 36.3 Å². The van der Waals surface area contributed by atoms with E-state index in [1.807, 2.05) is 12.1 Å². The number of rotatable bonds is 5. The van der Waals surface area contributed by atoms with Gasteiger partial charge >= 0.3 is 0 Å². The first-order valence-corrected chi connectivity index (χ1v) is 10.1. The molecule has 2 heterocycles. The Labute approximate surface area is 157 Å². The molecule has 4 rings (SSSR count). The summed E-state index contributed by atoms with van der Waals surface area (Å²) in [5.74, 6) is 0.737. The summed E-state index contributed by atoms with van der Waals surface area (Å²) in [5, 5.41) is 2.66. The number of nitrogens with one attached hydrogen (secondary N) is 1. The fourth-order valence-corrected chi connectivity index (χ4v) is 5.34. The lowest BCUT2D eigenvalue weighted by Gasteiger charge is -2.27. The highest BCUT2D eigenvalue weighted by molar-refractivity contribution is 8.00. The molecule has 6 heteroatoms. The van der Waals surface area contributed by atoms with E-state index >= 15 is 0 Å². The predicted octanol–water partition coefficient (Wildman–Crippen LogP) is 1.98. The third kappa shape index (κ3) is 3.12. The van der Waals surface area contributed by atoms with Gasteiger partial charge in [0.2, 0.25) is 5.91 Å². The van der Waals surface area contributed by atoms with E-state index in [4.69, 9.17) is 0 Å². The average molecular weight is 370 g/mol. The second kappa shape index (κ2) is 7.37. The Balaban J connectivity index is 1.45. The van der Waals surface area contributed by atoms with Crippen LogP contribution in [0.3, 0.4) is 0 Å². The van der Waals surface area contributed by atoms with Crippen molar-refractivity contribution in [2.45, 2.75) is 42.5 Å². The van der Waals surface area contributed by atoms with Crippen LogP contribution in [-0.2, 0) is 14.4 Å². The van der Waals surface area contributed by atoms with Crippen LogP contribution in [0, 0.1) is 0 Å². The Hall–Kier alpha value is -1.92. The van der Waals surface area contributed by atoms with Gasteiger partial charge in [0.25, 0.3) is 0 Å². The van der Waals surface area contributed by atoms with E-state index < -0.39 is 6.04 Å². The van der Waals surface area contributed by atoms with E-state index in [0.717, 1.165) is 12.7 Å². The van der Waals surface area contributed by atoms with Gasteiger partial charge in [0.15, 0.2) is 5.78 Å². The molecule has 0 aromatic heterocycles. The van der Waals surface area contributed by atoms with E-state index in [-0.39, 0.29) is 28.9 Å². The summed E-state index contributed by atoms with van der Waals surface area (Å²) >= 11 is 1.47. The molecular weight excluding hydrogens is 348 g/mol. The number of thioether (sulfide) groups is 1. The summed E-state index contributed by atoms with van der Waals surface area (Å²) in [7, 11) is 0. The normalized spacial score (nSPS) is 29.8. The van der Waals surface area contributed by atoms with E-state index in [1.54, 1.807) is 4.90 Å². The Bertz CT molecular complexity index is 763. The van der Waals surface area contributed by atoms with E-state index in [0.29, 0.717) is 25.3 Å². The third-order valence-corrected chi connectivity index (χ3v) is 6.75. The van der Waals surface area contributed by atoms with Gasteiger partial charge in [-0.2, -0.15) is 0 Å². The monoisotopic (exact) mass is 370 g/mol. The van der Waals surface area contributed by atoms with Crippen LogP contribution in [0.25, 0.3) is 6.08 Å². The van der Waals surface area contributed by atoms with Crippen molar-refractivity contribution in [1.29, 1.82) is 0 Å². The molecule has 0 bridgehead atoms. The van der Waals surface area contributed by atoms with Crippen molar-refractivity contribution in [2.24, 2.45) is 0 Å². The van der Waals surface area contributed by atoms with Gasteiger partial charge in [-0.15, -0.1) is 11.8 Å². The second-order valence-electron chi connectivity index (χ2n) is 7.04. The Morgan fingerprint density at radius 1 is 1.31 bits per heavy atom. The average Bonchev–Trinajstić information content (AvgIpc) is 3.40. The topological polar surface area (TPSA) is 66.5 Å². The summed E-state index contributed by atoms with van der Waals surface area (Å²) in [4.78, 5) is 38.8. The first-order valence-electron chi connectivity index (χ1n) is 9.09. The minimum absolute atomic E-state index is 0.0188. The quantitative estimate of drug-likeness (QED) is 0.803. The van der Waals surface area contributed by atoms with E-state index in [2.05, 4.69) is 29.6 Å². The minimum Gasteiger partial charge on any atom is -0.333 e. The van der Waals surface area contributed by atoms with Crippen molar-refractivity contribution in [3.05, 3.63) is 41.5 Å². The molecule has 1 N–H and O–H groups in total. The molecule has 2 unspecified atom stereocenters. The number of hydrogen-bond acceptors (Lipinski definition) is 5. The molecule has 2 saturated heterocycles. The number of benzene rings is 1. The van der Waals surface area contributed by atoms with Gasteiger partial charge in [0.05, 0.1) is 17.3 Å². The van der Waals surface area contributed by atoms with Crippen molar-refractivity contribution in [3.8, 4) is 0 Å². The van der Waals surface area contributed by atoms with E-state index in [1.165, 1.54) is 22.9 Å². The molecule has 1 aromatic rings. The number of nitrogens with zero attached hydrogens (tertiary/aromatic N) is 1. The molecule has 0 radical (unpaired) electrons. The summed E-state index contributed by atoms with van der Waals surface area (Å²) < 4.78 is 0. The van der Waals surface area contributed by atoms with Gasteiger partial charge in [-0.05, 0) is 24.0 Å². The van der Waals surface area contributed by atoms with Crippen molar-refractivity contribution < 1.29 is 14.4 Å². The molecule has 26 heavy (non-hydrogen) atoms. The number of fused-ring (bicyclic) bond motifs is 1. The summed E-state index contributed by atoms with van der Waals surface area (Å²) in [6, 6.07) is 7.30. The summed E-state index contributed by atoms with van der Waals surface area (Å²) in [6.07, 6.45) is 6.89. The molecular formula is C20H22N2O3S. The number of hydrogen-bond donors (Lipinski definition) is 1. The molecule has 1 aromatic carbocycles. The van der Waals surface area contributed by atoms with Crippen LogP contribution in [0.2, 0.25) is 0 Å². The lowest BCUT2D eigenvalue weighted by Crippen LogP contribution is -2.47. The van der Waals surface area contributed by atoms with Crippen LogP contribution in [0.4, 0.5) is 0 Å². The molecule has 1 amide bonds. The van der Waals surface area contributed by atoms with Crippen LogP contribution >= 0.6 is 11.8 Å². The smallest absolute Gasteiger partial charge is 0.224 e. The maximum absolute atomic E-state index is 12.9. The van der Waals surface area contributed by atoms with Crippen molar-refractivity contribution >= 4 is 35.8 Å². The van der Waals surface area contributed by atoms with E-state index in [9.17, 15) is 14.4 Å². The van der Waals surface area contributed by atoms with Gasteiger partial charge < -0.3 is 9.69 Å². The number of amides is 1. The van der Waals surface area contributed by atoms with Gasteiger partial charge in [-0.1, -0.05) is 36.4 Å². The number of carbonyl (C=O) groups is 3. The molecule has 136 valence electrons. The molecule has 4 atom stereocenters. The first kappa shape index (κ1) is 17.5. The molecule has 5 nitrogen and oxygen atoms in total. The fraction of sp³-hybridized carbons (Fsp3) is 0.450. The molecule has 0 saturated carbocycles. The standard InChI is InChI=1S/C20H22N2O3S/c23-11-16-20(26-12-21-16)19(25)17-6-3-9-22(17)18(24)10-14-8-7-13-4-1-2-5-15(13)14/h1-2,4-5,7-8,11,14,16-17,20-21H,3,6,9-10,12H2/t14?,16-,17+,20?/m1/s1. The lowest BCUT2D eigenvalue weighted by molar-refractivity contribution is -0.137. The second-order valence-corrected chi connectivity index (χ2v) is 8.17. The van der Waals surface area contributed by atoms with Gasteiger partial charge in [-0.25, -0.2) is 0 Å². The lowest BCUT2D eigenvalue weighted by atomic mass is 9.96. The Morgan fingerprint density at radius 3 is 3.00 bits per heavy atom. The first-order chi connectivity index (χ1) is 12.7. The van der Waals surface area contributed by atoms with Crippen molar-refractivity contribution in [2.75, 3.05) is 12.4 Å². The Morgan fingerprint density at radius 2 is 2.15 bits per heavy atom. The maximum Gasteiger partial charge on any atom is 0.224 e. The minimum atomic E-state index is -0.435. The van der Waals surface area contributed by atoms with Crippen molar-refractivity contribution in [3.63, 3.8) is 0 Å². The zero-order valence-corrected chi connectivity index (χ0v) is 15.3. The molecule has 3 aliphatic rings. The number of likely N-dealkylation sites (tertiary alicyclic amines) is 1. The van der Waals surface area contributed by atoms with Gasteiger partial charge in [0.1, 0.15) is 6.29 Å². The molecule has 2 fully saturated rings. The van der Waals surface area contributed by atoms with Crippen LogP contribution in [0.5, 0.6) is 0 Å². The summed E-state index contributed by atoms with van der Waals surface area (Å²) in [5.41, 5.74) is 2.35. The third-order valence-electron chi connectivity index (χ3n) is 5.53. The van der Waals surface area contributed by atoms with Gasteiger partial charge in [0, 0.05) is 24.8 Å². The highest BCUT2D eigenvalue weighted by atomic mass is 32.2. The number of ketones is 1. The van der Waals surface area contributed by atoms with Crippen molar-refractivity contribution in [1.82, 2.24) is 10.2 Å². The largest absolute Gasteiger partial charge is 0.333 e. The molecule has 0 spiro atoms.